The molecule has 28 heavy (non-hydrogen) atoms. The van der Waals surface area contributed by atoms with E-state index >= 15 is 0 Å². The maximum Gasteiger partial charge on any atom is 0.233 e. The van der Waals surface area contributed by atoms with Crippen molar-refractivity contribution in [1.82, 2.24) is 10.0 Å². The summed E-state index contributed by atoms with van der Waals surface area (Å²) in [5, 5.41) is 3.33. The van der Waals surface area contributed by atoms with E-state index in [4.69, 9.17) is 11.6 Å². The van der Waals surface area contributed by atoms with Crippen molar-refractivity contribution >= 4 is 39.3 Å². The lowest BCUT2D eigenvalue weighted by Crippen LogP contribution is -2.31. The number of hydrogen-bond acceptors (Lipinski definition) is 4. The van der Waals surface area contributed by atoms with Gasteiger partial charge in [-0.05, 0) is 56.2 Å². The molecule has 0 bridgehead atoms. The molecule has 0 aliphatic carbocycles. The molecule has 8 heteroatoms. The number of carbonyl (C=O) groups is 1. The molecule has 0 saturated carbocycles. The predicted octanol–water partition coefficient (Wildman–Crippen LogP) is 3.96. The van der Waals surface area contributed by atoms with Gasteiger partial charge in [0.2, 0.25) is 15.9 Å². The van der Waals surface area contributed by atoms with Crippen LogP contribution in [0, 0.1) is 0 Å². The van der Waals surface area contributed by atoms with Gasteiger partial charge >= 0.3 is 0 Å². The van der Waals surface area contributed by atoms with Gasteiger partial charge in [0.25, 0.3) is 0 Å². The number of benzene rings is 2. The summed E-state index contributed by atoms with van der Waals surface area (Å²) < 4.78 is 26.5. The zero-order valence-electron chi connectivity index (χ0n) is 16.1. The van der Waals surface area contributed by atoms with Gasteiger partial charge in [0, 0.05) is 22.5 Å². The molecule has 152 valence electrons. The summed E-state index contributed by atoms with van der Waals surface area (Å²) in [5.74, 6) is -0.125. The van der Waals surface area contributed by atoms with E-state index in [0.717, 1.165) is 10.5 Å². The third kappa shape index (κ3) is 7.83. The quantitative estimate of drug-likeness (QED) is 0.578. The molecule has 0 saturated heterocycles. The largest absolute Gasteiger partial charge is 0.351 e. The average molecular weight is 441 g/mol. The van der Waals surface area contributed by atoms with Crippen LogP contribution in [0.15, 0.2) is 53.4 Å². The summed E-state index contributed by atoms with van der Waals surface area (Å²) in [6, 6.07) is 14.4. The van der Waals surface area contributed by atoms with E-state index in [-0.39, 0.29) is 23.0 Å². The van der Waals surface area contributed by atoms with Crippen LogP contribution in [0.25, 0.3) is 0 Å². The first-order valence-electron chi connectivity index (χ1n) is 8.92. The Morgan fingerprint density at radius 1 is 1.00 bits per heavy atom. The molecule has 1 unspecified atom stereocenters. The molecule has 1 amide bonds. The van der Waals surface area contributed by atoms with Gasteiger partial charge in [0.1, 0.15) is 0 Å². The first-order valence-corrected chi connectivity index (χ1v) is 11.8. The summed E-state index contributed by atoms with van der Waals surface area (Å²) in [6.45, 7) is 5.82. The summed E-state index contributed by atoms with van der Waals surface area (Å²) in [4.78, 5) is 13.3. The topological polar surface area (TPSA) is 75.3 Å². The van der Waals surface area contributed by atoms with Crippen molar-refractivity contribution in [3.8, 4) is 0 Å². The van der Waals surface area contributed by atoms with Gasteiger partial charge in [0.05, 0.1) is 11.0 Å². The van der Waals surface area contributed by atoms with E-state index in [9.17, 15) is 13.2 Å². The van der Waals surface area contributed by atoms with Gasteiger partial charge in [-0.1, -0.05) is 35.9 Å². The van der Waals surface area contributed by atoms with Crippen molar-refractivity contribution in [1.29, 1.82) is 0 Å². The second-order valence-electron chi connectivity index (χ2n) is 6.78. The average Bonchev–Trinajstić information content (AvgIpc) is 2.61. The Labute approximate surface area is 176 Å². The molecular weight excluding hydrogens is 416 g/mol. The Hall–Kier alpha value is -1.54. The third-order valence-corrected chi connectivity index (χ3v) is 6.67. The summed E-state index contributed by atoms with van der Waals surface area (Å²) in [6.07, 6.45) is 0. The molecule has 2 aromatic rings. The number of hydrogen-bond donors (Lipinski definition) is 2. The molecule has 2 aromatic carbocycles. The van der Waals surface area contributed by atoms with Crippen LogP contribution in [-0.2, 0) is 27.1 Å². The van der Waals surface area contributed by atoms with Gasteiger partial charge in [-0.15, -0.1) is 11.8 Å². The summed E-state index contributed by atoms with van der Waals surface area (Å²) in [7, 11) is -3.35. The molecule has 2 rings (SSSR count). The Balaban J connectivity index is 1.85. The van der Waals surface area contributed by atoms with Crippen molar-refractivity contribution < 1.29 is 13.2 Å². The minimum absolute atomic E-state index is 0.0623. The molecular formula is C20H25ClN2O3S2. The van der Waals surface area contributed by atoms with Crippen LogP contribution in [-0.4, -0.2) is 25.6 Å². The Kier molecular flexibility index (Phi) is 8.37. The highest BCUT2D eigenvalue weighted by Crippen LogP contribution is 2.24. The number of carbonyl (C=O) groups excluding carboxylic acids is 1. The fourth-order valence-corrected chi connectivity index (χ4v) is 4.93. The van der Waals surface area contributed by atoms with Crippen molar-refractivity contribution in [2.24, 2.45) is 0 Å². The van der Waals surface area contributed by atoms with E-state index in [2.05, 4.69) is 10.0 Å². The molecule has 0 spiro atoms. The number of rotatable bonds is 9. The van der Waals surface area contributed by atoms with Gasteiger partial charge in [-0.3, -0.25) is 4.79 Å². The highest BCUT2D eigenvalue weighted by Gasteiger charge is 2.15. The van der Waals surface area contributed by atoms with Crippen LogP contribution in [0.4, 0.5) is 0 Å². The van der Waals surface area contributed by atoms with E-state index in [1.54, 1.807) is 38.1 Å². The van der Waals surface area contributed by atoms with Gasteiger partial charge in [-0.2, -0.15) is 0 Å². The smallest absolute Gasteiger partial charge is 0.233 e. The standard InChI is InChI=1S/C20H25ClN2O3S2/c1-14(2)23-28(25,26)13-17-6-4-16(5-7-17)12-22-20(24)15(3)27-19-10-8-18(21)9-11-19/h4-11,14-15,23H,12-13H2,1-3H3,(H,22,24). The van der Waals surface area contributed by atoms with E-state index < -0.39 is 10.0 Å². The monoisotopic (exact) mass is 440 g/mol. The Bertz CT molecular complexity index is 883. The van der Waals surface area contributed by atoms with E-state index in [1.807, 2.05) is 31.2 Å². The third-order valence-electron chi connectivity index (χ3n) is 3.76. The molecule has 5 nitrogen and oxygen atoms in total. The minimum Gasteiger partial charge on any atom is -0.351 e. The zero-order chi connectivity index (χ0) is 20.7. The minimum atomic E-state index is -3.35. The first kappa shape index (κ1) is 22.7. The van der Waals surface area contributed by atoms with Crippen LogP contribution in [0.2, 0.25) is 5.02 Å². The number of amides is 1. The van der Waals surface area contributed by atoms with E-state index in [1.165, 1.54) is 11.8 Å². The maximum absolute atomic E-state index is 12.3. The highest BCUT2D eigenvalue weighted by atomic mass is 35.5. The van der Waals surface area contributed by atoms with Gasteiger partial charge < -0.3 is 5.32 Å². The molecule has 0 fully saturated rings. The normalized spacial score (nSPS) is 12.8. The summed E-state index contributed by atoms with van der Waals surface area (Å²) >= 11 is 7.34. The molecule has 1 atom stereocenters. The zero-order valence-corrected chi connectivity index (χ0v) is 18.5. The van der Waals surface area contributed by atoms with Crippen LogP contribution in [0.3, 0.4) is 0 Å². The molecule has 0 aliphatic heterocycles. The Morgan fingerprint density at radius 2 is 1.57 bits per heavy atom. The lowest BCUT2D eigenvalue weighted by molar-refractivity contribution is -0.120. The van der Waals surface area contributed by atoms with Crippen LogP contribution >= 0.6 is 23.4 Å². The van der Waals surface area contributed by atoms with Gasteiger partial charge in [-0.25, -0.2) is 13.1 Å². The number of thioether (sulfide) groups is 1. The lowest BCUT2D eigenvalue weighted by Gasteiger charge is -2.13. The number of nitrogens with one attached hydrogen (secondary N) is 2. The molecule has 0 aliphatic rings. The molecule has 2 N–H and O–H groups in total. The first-order chi connectivity index (χ1) is 13.1. The maximum atomic E-state index is 12.3. The van der Waals surface area contributed by atoms with Crippen molar-refractivity contribution in [3.05, 3.63) is 64.7 Å². The Morgan fingerprint density at radius 3 is 2.14 bits per heavy atom. The highest BCUT2D eigenvalue weighted by molar-refractivity contribution is 8.00. The van der Waals surface area contributed by atoms with Crippen molar-refractivity contribution in [2.45, 2.75) is 49.3 Å². The van der Waals surface area contributed by atoms with Crippen LogP contribution < -0.4 is 10.0 Å². The van der Waals surface area contributed by atoms with Crippen molar-refractivity contribution in [3.63, 3.8) is 0 Å². The van der Waals surface area contributed by atoms with Crippen LogP contribution in [0.1, 0.15) is 31.9 Å². The van der Waals surface area contributed by atoms with Crippen LogP contribution in [0.5, 0.6) is 0 Å². The number of sulfonamides is 1. The second kappa shape index (κ2) is 10.3. The lowest BCUT2D eigenvalue weighted by atomic mass is 10.1. The predicted molar refractivity (Wildman–Crippen MR) is 116 cm³/mol. The fraction of sp³-hybridized carbons (Fsp3) is 0.350. The SMILES string of the molecule is CC(C)NS(=O)(=O)Cc1ccc(CNC(=O)C(C)Sc2ccc(Cl)cc2)cc1. The molecule has 0 aromatic heterocycles. The van der Waals surface area contributed by atoms with Crippen molar-refractivity contribution in [2.75, 3.05) is 0 Å². The summed E-state index contributed by atoms with van der Waals surface area (Å²) in [5.41, 5.74) is 1.62. The number of halogens is 1. The molecule has 0 heterocycles. The fourth-order valence-electron chi connectivity index (χ4n) is 2.48. The molecule has 0 radical (unpaired) electrons. The van der Waals surface area contributed by atoms with Gasteiger partial charge in [0.15, 0.2) is 0 Å². The van der Waals surface area contributed by atoms with E-state index in [0.29, 0.717) is 17.1 Å². The second-order valence-corrected chi connectivity index (χ2v) is 10.4.